The fraction of sp³-hybridized carbons (Fsp3) is 0.0968. The first-order valence-corrected chi connectivity index (χ1v) is 22.9. The normalized spacial score (nSPS) is 12.8. The van der Waals surface area contributed by atoms with Crippen molar-refractivity contribution in [2.45, 2.75) is 40.5 Å². The summed E-state index contributed by atoms with van der Waals surface area (Å²) >= 11 is 0. The molecular formula is C62H58N4O2. The van der Waals surface area contributed by atoms with Gasteiger partial charge in [0.1, 0.15) is 17.7 Å². The van der Waals surface area contributed by atoms with Crippen LogP contribution in [0.4, 0.5) is 22.7 Å². The van der Waals surface area contributed by atoms with Crippen molar-refractivity contribution in [2.24, 2.45) is 0 Å². The summed E-state index contributed by atoms with van der Waals surface area (Å²) < 4.78 is 12.0. The lowest BCUT2D eigenvalue weighted by Gasteiger charge is -2.26. The molecule has 5 aromatic carbocycles. The van der Waals surface area contributed by atoms with Gasteiger partial charge in [-0.15, -0.1) is 0 Å². The van der Waals surface area contributed by atoms with Crippen molar-refractivity contribution in [3.63, 3.8) is 0 Å². The second-order valence-corrected chi connectivity index (χ2v) is 15.9. The molecule has 0 bridgehead atoms. The van der Waals surface area contributed by atoms with E-state index in [-0.39, 0.29) is 0 Å². The largest absolute Gasteiger partial charge is 0.444 e. The maximum Gasteiger partial charge on any atom is 0.226 e. The summed E-state index contributed by atoms with van der Waals surface area (Å²) in [6.45, 7) is 16.4. The molecule has 0 spiro atoms. The Morgan fingerprint density at radius 2 is 1.25 bits per heavy atom. The molecule has 7 rings (SSSR count). The number of para-hydroxylation sites is 2. The van der Waals surface area contributed by atoms with Crippen LogP contribution in [0.1, 0.15) is 67.8 Å². The SMILES string of the molecule is C=C/C(=C\c1coc(/C=C/C=C(\C=C)N(/C(C)=C/C=C(\C)c2ccc(N(c3ccccc3)c3ccc(-c4nc(C)c(/C=C\CC/C=C\C=C/C)o4)cc3)cc2)c2ccccc2)n1)c1ccccc1. The average molecular weight is 891 g/mol. The molecule has 0 amide bonds. The number of benzene rings is 5. The van der Waals surface area contributed by atoms with E-state index in [4.69, 9.17) is 13.8 Å². The molecule has 0 fully saturated rings. The van der Waals surface area contributed by atoms with E-state index < -0.39 is 0 Å². The fourth-order valence-corrected chi connectivity index (χ4v) is 7.51. The summed E-state index contributed by atoms with van der Waals surface area (Å²) in [6, 6.07) is 47.9. The smallest absolute Gasteiger partial charge is 0.226 e. The van der Waals surface area contributed by atoms with Gasteiger partial charge in [-0.25, -0.2) is 9.97 Å². The number of hydrogen-bond donors (Lipinski definition) is 0. The van der Waals surface area contributed by atoms with Crippen molar-refractivity contribution in [3.05, 3.63) is 271 Å². The van der Waals surface area contributed by atoms with Crippen molar-refractivity contribution in [1.29, 1.82) is 0 Å². The van der Waals surface area contributed by atoms with E-state index in [1.165, 1.54) is 0 Å². The third-order valence-electron chi connectivity index (χ3n) is 11.1. The quantitative estimate of drug-likeness (QED) is 0.0561. The summed E-state index contributed by atoms with van der Waals surface area (Å²) in [4.78, 5) is 13.9. The summed E-state index contributed by atoms with van der Waals surface area (Å²) in [5.41, 5.74) is 12.8. The molecule has 0 radical (unpaired) electrons. The number of aromatic nitrogens is 2. The van der Waals surface area contributed by atoms with Gasteiger partial charge in [-0.2, -0.15) is 0 Å². The lowest BCUT2D eigenvalue weighted by molar-refractivity contribution is 0.546. The molecule has 0 aliphatic carbocycles. The number of rotatable bonds is 20. The minimum atomic E-state index is 0.496. The van der Waals surface area contributed by atoms with Gasteiger partial charge in [0.05, 0.1) is 5.69 Å². The van der Waals surface area contributed by atoms with Crippen LogP contribution in [0.15, 0.2) is 246 Å². The van der Waals surface area contributed by atoms with Crippen molar-refractivity contribution in [1.82, 2.24) is 9.97 Å². The van der Waals surface area contributed by atoms with Crippen LogP contribution >= 0.6 is 0 Å². The Morgan fingerprint density at radius 1 is 0.618 bits per heavy atom. The number of unbranched alkanes of at least 4 members (excludes halogenated alkanes) is 1. The molecule has 68 heavy (non-hydrogen) atoms. The predicted molar refractivity (Wildman–Crippen MR) is 288 cm³/mol. The predicted octanol–water partition coefficient (Wildman–Crippen LogP) is 17.4. The topological polar surface area (TPSA) is 58.5 Å². The third kappa shape index (κ3) is 12.7. The molecular weight excluding hydrogens is 833 g/mol. The Balaban J connectivity index is 1.08. The molecule has 0 saturated carbocycles. The van der Waals surface area contributed by atoms with Gasteiger partial charge in [0.15, 0.2) is 0 Å². The van der Waals surface area contributed by atoms with Crippen LogP contribution in [0, 0.1) is 6.92 Å². The molecule has 2 heterocycles. The maximum atomic E-state index is 6.22. The highest BCUT2D eigenvalue weighted by molar-refractivity contribution is 5.86. The fourth-order valence-electron chi connectivity index (χ4n) is 7.51. The molecule has 0 atom stereocenters. The van der Waals surface area contributed by atoms with Gasteiger partial charge in [0.2, 0.25) is 11.8 Å². The van der Waals surface area contributed by atoms with E-state index in [1.54, 1.807) is 6.26 Å². The van der Waals surface area contributed by atoms with Crippen molar-refractivity contribution in [3.8, 4) is 11.5 Å². The second-order valence-electron chi connectivity index (χ2n) is 15.9. The van der Waals surface area contributed by atoms with Crippen molar-refractivity contribution >= 4 is 52.1 Å². The van der Waals surface area contributed by atoms with Crippen LogP contribution in [-0.4, -0.2) is 9.97 Å². The number of oxazole rings is 2. The van der Waals surface area contributed by atoms with E-state index in [2.05, 4.69) is 157 Å². The van der Waals surface area contributed by atoms with Crippen LogP contribution in [0.5, 0.6) is 0 Å². The average Bonchev–Trinajstić information content (AvgIpc) is 4.00. The Hall–Kier alpha value is -8.48. The van der Waals surface area contributed by atoms with Gasteiger partial charge in [-0.05, 0) is 154 Å². The molecule has 2 aromatic heterocycles. The first kappa shape index (κ1) is 47.5. The highest BCUT2D eigenvalue weighted by Gasteiger charge is 2.16. The highest BCUT2D eigenvalue weighted by atomic mass is 16.4. The molecule has 338 valence electrons. The van der Waals surface area contributed by atoms with Crippen LogP contribution in [0.3, 0.4) is 0 Å². The highest BCUT2D eigenvalue weighted by Crippen LogP contribution is 2.36. The molecule has 0 aliphatic heterocycles. The zero-order valence-electron chi connectivity index (χ0n) is 39.4. The maximum absolute atomic E-state index is 6.22. The minimum Gasteiger partial charge on any atom is -0.444 e. The zero-order valence-corrected chi connectivity index (χ0v) is 39.4. The van der Waals surface area contributed by atoms with Crippen LogP contribution < -0.4 is 9.80 Å². The first-order valence-electron chi connectivity index (χ1n) is 22.9. The van der Waals surface area contributed by atoms with E-state index in [0.29, 0.717) is 17.5 Å². The molecule has 7 aromatic rings. The van der Waals surface area contributed by atoms with Crippen LogP contribution in [-0.2, 0) is 0 Å². The van der Waals surface area contributed by atoms with Crippen molar-refractivity contribution < 1.29 is 8.83 Å². The number of anilines is 4. The lowest BCUT2D eigenvalue weighted by Crippen LogP contribution is -2.19. The lowest BCUT2D eigenvalue weighted by atomic mass is 10.1. The Morgan fingerprint density at radius 3 is 1.91 bits per heavy atom. The molecule has 0 aliphatic rings. The molecule has 6 nitrogen and oxygen atoms in total. The molecule has 6 heteroatoms. The van der Waals surface area contributed by atoms with E-state index in [9.17, 15) is 0 Å². The molecule has 0 N–H and O–H groups in total. The van der Waals surface area contributed by atoms with E-state index in [0.717, 1.165) is 86.3 Å². The van der Waals surface area contributed by atoms with Gasteiger partial charge < -0.3 is 18.6 Å². The summed E-state index contributed by atoms with van der Waals surface area (Å²) in [6.07, 6.45) is 31.8. The summed E-state index contributed by atoms with van der Waals surface area (Å²) in [5, 5.41) is 0. The van der Waals surface area contributed by atoms with Crippen LogP contribution in [0.2, 0.25) is 0 Å². The number of nitrogens with zero attached hydrogens (tertiary/aromatic N) is 4. The van der Waals surface area contributed by atoms with Gasteiger partial charge >= 0.3 is 0 Å². The minimum absolute atomic E-state index is 0.496. The number of aryl methyl sites for hydroxylation is 1. The van der Waals surface area contributed by atoms with E-state index >= 15 is 0 Å². The zero-order chi connectivity index (χ0) is 47.5. The molecule has 0 unspecified atom stereocenters. The van der Waals surface area contributed by atoms with Crippen LogP contribution in [0.25, 0.3) is 40.8 Å². The Labute approximate surface area is 402 Å². The molecule has 0 saturated heterocycles. The monoisotopic (exact) mass is 890 g/mol. The van der Waals surface area contributed by atoms with E-state index in [1.807, 2.05) is 123 Å². The Kier molecular flexibility index (Phi) is 16.9. The van der Waals surface area contributed by atoms with Gasteiger partial charge in [0, 0.05) is 45.8 Å². The van der Waals surface area contributed by atoms with Gasteiger partial charge in [-0.3, -0.25) is 0 Å². The third-order valence-corrected chi connectivity index (χ3v) is 11.1. The standard InChI is InChI=1S/C62H58N4O2/c1-7-10-11-12-13-14-24-33-60-49(6)63-62(68-60)53-39-43-59(44-40-53)66(57-30-22-17-23-31-57)58-41-37-51(38-42-58)47(4)35-36-48(5)65(56-28-20-16-21-29-56)55(9-3)32-25-34-61-64-54(46-67-61)45-50(8-2)52-26-18-15-19-27-52/h7-12,15-46H,2-3,13-14H2,1,4-6H3/b10-7-,12-11-,33-24-,34-25+,47-35+,48-36+,50-45+,55-32+. The summed E-state index contributed by atoms with van der Waals surface area (Å²) in [5.74, 6) is 1.89. The number of allylic oxidation sites excluding steroid dienone is 14. The number of hydrogen-bond acceptors (Lipinski definition) is 6. The van der Waals surface area contributed by atoms with Crippen molar-refractivity contribution in [2.75, 3.05) is 9.80 Å². The first-order chi connectivity index (χ1) is 33.3. The van der Waals surface area contributed by atoms with Gasteiger partial charge in [-0.1, -0.05) is 141 Å². The van der Waals surface area contributed by atoms with Gasteiger partial charge in [0.25, 0.3) is 0 Å². The summed E-state index contributed by atoms with van der Waals surface area (Å²) in [7, 11) is 0. The Bertz CT molecular complexity index is 2990. The second kappa shape index (κ2) is 24.2.